The average Bonchev–Trinajstić information content (AvgIpc) is 3.30. The van der Waals surface area contributed by atoms with E-state index in [9.17, 15) is 9.90 Å². The number of aliphatic imine (C=N–C) groups is 1. The smallest absolute Gasteiger partial charge is 0.331 e. The van der Waals surface area contributed by atoms with E-state index in [1.165, 1.54) is 0 Å². The monoisotopic (exact) mass is 353 g/mol. The summed E-state index contributed by atoms with van der Waals surface area (Å²) in [6, 6.07) is 11.4. The van der Waals surface area contributed by atoms with E-state index >= 15 is 0 Å². The maximum absolute atomic E-state index is 11.4. The third kappa shape index (κ3) is 2.70. The van der Waals surface area contributed by atoms with Crippen LogP contribution in [0, 0.1) is 6.92 Å². The second kappa shape index (κ2) is 5.70. The molecule has 0 saturated heterocycles. The average molecular weight is 354 g/mol. The number of aliphatic carboxylic acids is 1. The number of aromatic nitrogens is 2. The Labute approximate surface area is 149 Å². The van der Waals surface area contributed by atoms with E-state index in [1.54, 1.807) is 6.21 Å². The number of fused-ring (bicyclic) bond motifs is 1. The molecule has 0 amide bonds. The molecule has 5 nitrogen and oxygen atoms in total. The summed E-state index contributed by atoms with van der Waals surface area (Å²) in [6.45, 7) is 1.99. The molecule has 3 aromatic rings. The van der Waals surface area contributed by atoms with Gasteiger partial charge >= 0.3 is 5.97 Å². The Bertz CT molecular complexity index is 1000. The van der Waals surface area contributed by atoms with Gasteiger partial charge in [0, 0.05) is 23.0 Å². The highest BCUT2D eigenvalue weighted by Crippen LogP contribution is 2.40. The van der Waals surface area contributed by atoms with Gasteiger partial charge in [0.15, 0.2) is 5.54 Å². The van der Waals surface area contributed by atoms with E-state index < -0.39 is 11.5 Å². The van der Waals surface area contributed by atoms with E-state index in [0.29, 0.717) is 17.9 Å². The number of halogens is 1. The zero-order chi connectivity index (χ0) is 17.6. The normalized spacial score (nSPS) is 15.8. The van der Waals surface area contributed by atoms with Crippen LogP contribution in [0.15, 0.2) is 47.6 Å². The highest BCUT2D eigenvalue weighted by Gasteiger charge is 2.50. The summed E-state index contributed by atoms with van der Waals surface area (Å²) in [7, 11) is 0. The highest BCUT2D eigenvalue weighted by atomic mass is 35.5. The number of imidazole rings is 1. The third-order valence-corrected chi connectivity index (χ3v) is 4.81. The summed E-state index contributed by atoms with van der Waals surface area (Å²) >= 11 is 5.99. The molecule has 126 valence electrons. The van der Waals surface area contributed by atoms with E-state index in [2.05, 4.69) is 4.99 Å². The lowest BCUT2D eigenvalue weighted by Crippen LogP contribution is -2.19. The molecule has 1 saturated carbocycles. The predicted octanol–water partition coefficient (Wildman–Crippen LogP) is 4.00. The summed E-state index contributed by atoms with van der Waals surface area (Å²) in [5.41, 5.74) is 3.34. The van der Waals surface area contributed by atoms with Crippen molar-refractivity contribution in [1.82, 2.24) is 9.38 Å². The molecule has 2 heterocycles. The molecule has 0 spiro atoms. The van der Waals surface area contributed by atoms with Crippen LogP contribution in [0.2, 0.25) is 5.02 Å². The van der Waals surface area contributed by atoms with Gasteiger partial charge in [0.05, 0.1) is 11.4 Å². The largest absolute Gasteiger partial charge is 0.479 e. The Balaban J connectivity index is 1.90. The second-order valence-electron chi connectivity index (χ2n) is 6.33. The van der Waals surface area contributed by atoms with Gasteiger partial charge in [-0.25, -0.2) is 9.78 Å². The molecule has 1 aliphatic carbocycles. The van der Waals surface area contributed by atoms with Gasteiger partial charge in [0.1, 0.15) is 5.65 Å². The number of aryl methyl sites for hydroxylation is 1. The summed E-state index contributed by atoms with van der Waals surface area (Å²) in [4.78, 5) is 20.5. The molecule has 2 aromatic heterocycles. The number of carboxylic acid groups (broad SMARTS) is 1. The lowest BCUT2D eigenvalue weighted by molar-refractivity contribution is -0.139. The van der Waals surface area contributed by atoms with Crippen molar-refractivity contribution < 1.29 is 9.90 Å². The van der Waals surface area contributed by atoms with Gasteiger partial charge < -0.3 is 5.11 Å². The van der Waals surface area contributed by atoms with E-state index in [1.807, 2.05) is 53.9 Å². The summed E-state index contributed by atoms with van der Waals surface area (Å²) in [5.74, 6) is -0.873. The molecule has 0 radical (unpaired) electrons. The Kier molecular flexibility index (Phi) is 3.62. The Hall–Kier alpha value is -2.66. The van der Waals surface area contributed by atoms with Gasteiger partial charge in [-0.05, 0) is 43.5 Å². The molecule has 0 aliphatic heterocycles. The Morgan fingerprint density at radius 1 is 1.32 bits per heavy atom. The SMILES string of the molecule is Cc1cccn2c(C=NC3(C(=O)O)CC3)c(-c3ccc(Cl)cc3)nc12. The van der Waals surface area contributed by atoms with Crippen molar-refractivity contribution in [2.24, 2.45) is 4.99 Å². The van der Waals surface area contributed by atoms with Gasteiger partial charge in [-0.1, -0.05) is 29.8 Å². The van der Waals surface area contributed by atoms with Gasteiger partial charge in [-0.2, -0.15) is 0 Å². The first-order valence-corrected chi connectivity index (χ1v) is 8.40. The first-order valence-electron chi connectivity index (χ1n) is 8.02. The number of hydrogen-bond donors (Lipinski definition) is 1. The van der Waals surface area contributed by atoms with Crippen molar-refractivity contribution in [2.75, 3.05) is 0 Å². The molecule has 0 unspecified atom stereocenters. The molecule has 4 rings (SSSR count). The number of nitrogens with zero attached hydrogens (tertiary/aromatic N) is 3. The van der Waals surface area contributed by atoms with Crippen LogP contribution in [0.1, 0.15) is 24.1 Å². The van der Waals surface area contributed by atoms with Crippen LogP contribution < -0.4 is 0 Å². The molecular formula is C19H16ClN3O2. The Morgan fingerprint density at radius 3 is 2.68 bits per heavy atom. The highest BCUT2D eigenvalue weighted by molar-refractivity contribution is 6.30. The summed E-state index contributed by atoms with van der Waals surface area (Å²) in [6.07, 6.45) is 4.71. The number of pyridine rings is 1. The molecule has 0 bridgehead atoms. The maximum Gasteiger partial charge on any atom is 0.331 e. The number of benzene rings is 1. The van der Waals surface area contributed by atoms with Crippen molar-refractivity contribution in [3.05, 3.63) is 58.9 Å². The first-order chi connectivity index (χ1) is 12.0. The summed E-state index contributed by atoms with van der Waals surface area (Å²) in [5, 5.41) is 10.0. The van der Waals surface area contributed by atoms with Crippen LogP contribution in [-0.4, -0.2) is 32.2 Å². The minimum atomic E-state index is -0.967. The summed E-state index contributed by atoms with van der Waals surface area (Å²) < 4.78 is 1.95. The standard InChI is InChI=1S/C19H16ClN3O2/c1-12-3-2-10-23-15(11-21-19(8-9-19)18(24)25)16(22-17(12)23)13-4-6-14(20)7-5-13/h2-7,10-11H,8-9H2,1H3,(H,24,25). The van der Waals surface area contributed by atoms with E-state index in [0.717, 1.165) is 28.2 Å². The molecule has 1 N–H and O–H groups in total. The topological polar surface area (TPSA) is 67.0 Å². The second-order valence-corrected chi connectivity index (χ2v) is 6.77. The maximum atomic E-state index is 11.4. The van der Waals surface area contributed by atoms with Crippen LogP contribution in [0.4, 0.5) is 0 Å². The third-order valence-electron chi connectivity index (χ3n) is 4.56. The zero-order valence-corrected chi connectivity index (χ0v) is 14.4. The molecule has 1 aliphatic rings. The molecule has 1 fully saturated rings. The van der Waals surface area contributed by atoms with E-state index in [-0.39, 0.29) is 0 Å². The van der Waals surface area contributed by atoms with Crippen LogP contribution in [0.5, 0.6) is 0 Å². The molecular weight excluding hydrogens is 338 g/mol. The first kappa shape index (κ1) is 15.8. The van der Waals surface area contributed by atoms with Crippen molar-refractivity contribution in [3.8, 4) is 11.3 Å². The molecule has 25 heavy (non-hydrogen) atoms. The van der Waals surface area contributed by atoms with Gasteiger partial charge in [0.25, 0.3) is 0 Å². The van der Waals surface area contributed by atoms with Crippen molar-refractivity contribution in [2.45, 2.75) is 25.3 Å². The van der Waals surface area contributed by atoms with Crippen LogP contribution in [0.3, 0.4) is 0 Å². The van der Waals surface area contributed by atoms with Crippen LogP contribution >= 0.6 is 11.6 Å². The zero-order valence-electron chi connectivity index (χ0n) is 13.6. The van der Waals surface area contributed by atoms with Gasteiger partial charge in [-0.3, -0.25) is 9.39 Å². The number of carboxylic acids is 1. The van der Waals surface area contributed by atoms with E-state index in [4.69, 9.17) is 16.6 Å². The predicted molar refractivity (Wildman–Crippen MR) is 97.6 cm³/mol. The number of rotatable bonds is 4. The quantitative estimate of drug-likeness (QED) is 0.721. The number of hydrogen-bond acceptors (Lipinski definition) is 3. The minimum Gasteiger partial charge on any atom is -0.479 e. The number of carbonyl (C=O) groups is 1. The minimum absolute atomic E-state index is 0.574. The molecule has 6 heteroatoms. The lowest BCUT2D eigenvalue weighted by Gasteiger charge is -2.04. The fraction of sp³-hybridized carbons (Fsp3) is 0.211. The lowest BCUT2D eigenvalue weighted by atomic mass is 10.1. The van der Waals surface area contributed by atoms with Gasteiger partial charge in [0.2, 0.25) is 0 Å². The van der Waals surface area contributed by atoms with Crippen molar-refractivity contribution in [3.63, 3.8) is 0 Å². The van der Waals surface area contributed by atoms with Crippen LogP contribution in [0.25, 0.3) is 16.9 Å². The van der Waals surface area contributed by atoms with Crippen LogP contribution in [-0.2, 0) is 4.79 Å². The molecule has 1 aromatic carbocycles. The van der Waals surface area contributed by atoms with Crippen molar-refractivity contribution in [1.29, 1.82) is 0 Å². The fourth-order valence-electron chi connectivity index (χ4n) is 2.87. The molecule has 0 atom stereocenters. The fourth-order valence-corrected chi connectivity index (χ4v) is 2.99. The Morgan fingerprint density at radius 2 is 2.04 bits per heavy atom. The van der Waals surface area contributed by atoms with Gasteiger partial charge in [-0.15, -0.1) is 0 Å². The van der Waals surface area contributed by atoms with Crippen molar-refractivity contribution >= 4 is 29.4 Å².